The molecular formula is C17H17BrO3. The molecule has 1 aromatic heterocycles. The van der Waals surface area contributed by atoms with Crippen molar-refractivity contribution in [2.45, 2.75) is 37.7 Å². The minimum atomic E-state index is -0.00875. The Balaban J connectivity index is 1.62. The molecule has 2 aliphatic rings. The largest absolute Gasteiger partial charge is 0.452 e. The van der Waals surface area contributed by atoms with Gasteiger partial charge >= 0.3 is 0 Å². The number of para-hydroxylation sites is 1. The summed E-state index contributed by atoms with van der Waals surface area (Å²) in [6.07, 6.45) is 5.08. The Morgan fingerprint density at radius 1 is 1.33 bits per heavy atom. The summed E-state index contributed by atoms with van der Waals surface area (Å²) in [5.41, 5.74) is 0.747. The second-order valence-electron chi connectivity index (χ2n) is 6.21. The smallest absolute Gasteiger partial charge is 0.201 e. The fourth-order valence-electron chi connectivity index (χ4n) is 3.52. The topological polar surface area (TPSA) is 39.4 Å². The summed E-state index contributed by atoms with van der Waals surface area (Å²) in [7, 11) is 0. The molecule has 4 rings (SSSR count). The van der Waals surface area contributed by atoms with Crippen molar-refractivity contribution in [1.82, 2.24) is 0 Å². The van der Waals surface area contributed by atoms with Crippen LogP contribution in [0, 0.1) is 5.92 Å². The van der Waals surface area contributed by atoms with Crippen LogP contribution < -0.4 is 0 Å². The van der Waals surface area contributed by atoms with Gasteiger partial charge in [-0.25, -0.2) is 0 Å². The Morgan fingerprint density at radius 3 is 2.90 bits per heavy atom. The second-order valence-corrected chi connectivity index (χ2v) is 7.06. The molecule has 4 heteroatoms. The molecule has 0 radical (unpaired) electrons. The summed E-state index contributed by atoms with van der Waals surface area (Å²) >= 11 is 3.47. The fraction of sp³-hybridized carbons (Fsp3) is 0.471. The molecule has 1 saturated carbocycles. The second kappa shape index (κ2) is 4.96. The predicted molar refractivity (Wildman–Crippen MR) is 83.5 cm³/mol. The van der Waals surface area contributed by atoms with Gasteiger partial charge in [-0.15, -0.1) is 0 Å². The first kappa shape index (κ1) is 13.5. The monoisotopic (exact) mass is 348 g/mol. The average Bonchev–Trinajstić information content (AvgIpc) is 2.90. The first-order valence-electron chi connectivity index (χ1n) is 7.53. The maximum absolute atomic E-state index is 12.7. The van der Waals surface area contributed by atoms with Gasteiger partial charge in [0.1, 0.15) is 5.58 Å². The summed E-state index contributed by atoms with van der Waals surface area (Å²) in [5.74, 6) is 0.657. The third-order valence-corrected chi connectivity index (χ3v) is 5.49. The lowest BCUT2D eigenvalue weighted by Crippen LogP contribution is -2.47. The summed E-state index contributed by atoms with van der Waals surface area (Å²) in [6, 6.07) is 7.72. The third-order valence-electron chi connectivity index (χ3n) is 4.87. The zero-order valence-corrected chi connectivity index (χ0v) is 13.3. The number of ether oxygens (including phenoxy) is 1. The van der Waals surface area contributed by atoms with Crippen LogP contribution in [-0.4, -0.2) is 18.0 Å². The molecule has 21 heavy (non-hydrogen) atoms. The van der Waals surface area contributed by atoms with Gasteiger partial charge in [-0.2, -0.15) is 0 Å². The van der Waals surface area contributed by atoms with Gasteiger partial charge in [-0.1, -0.05) is 12.1 Å². The Kier molecular flexibility index (Phi) is 3.19. The van der Waals surface area contributed by atoms with Crippen LogP contribution >= 0.6 is 15.9 Å². The van der Waals surface area contributed by atoms with E-state index in [0.717, 1.165) is 41.1 Å². The molecule has 1 unspecified atom stereocenters. The molecule has 1 spiro atoms. The molecule has 1 atom stereocenters. The molecule has 2 aromatic rings. The lowest BCUT2D eigenvalue weighted by Gasteiger charge is -2.46. The predicted octanol–water partition coefficient (Wildman–Crippen LogP) is 4.73. The number of carbonyl (C=O) groups excluding carboxylic acids is 1. The van der Waals surface area contributed by atoms with E-state index in [1.165, 1.54) is 6.42 Å². The van der Waals surface area contributed by atoms with Crippen molar-refractivity contribution in [2.24, 2.45) is 5.92 Å². The van der Waals surface area contributed by atoms with Crippen LogP contribution in [0.25, 0.3) is 11.0 Å². The lowest BCUT2D eigenvalue weighted by atomic mass is 9.71. The summed E-state index contributed by atoms with van der Waals surface area (Å²) in [5, 5.41) is 0.971. The average molecular weight is 349 g/mol. The highest BCUT2D eigenvalue weighted by Gasteiger charge is 2.44. The van der Waals surface area contributed by atoms with Crippen LogP contribution in [0.15, 0.2) is 33.2 Å². The number of halogens is 1. The minimum absolute atomic E-state index is 0.00875. The van der Waals surface area contributed by atoms with E-state index in [0.29, 0.717) is 12.4 Å². The van der Waals surface area contributed by atoms with Gasteiger partial charge in [-0.05, 0) is 60.2 Å². The summed E-state index contributed by atoms with van der Waals surface area (Å²) in [4.78, 5) is 12.7. The van der Waals surface area contributed by atoms with Crippen LogP contribution in [-0.2, 0) is 4.74 Å². The van der Waals surface area contributed by atoms with Gasteiger partial charge in [-0.3, -0.25) is 4.79 Å². The van der Waals surface area contributed by atoms with Crippen molar-refractivity contribution in [3.8, 4) is 0 Å². The maximum atomic E-state index is 12.7. The van der Waals surface area contributed by atoms with E-state index >= 15 is 0 Å². The number of furan rings is 1. The molecule has 2 heterocycles. The highest BCUT2D eigenvalue weighted by molar-refractivity contribution is 9.10. The molecule has 1 saturated heterocycles. The van der Waals surface area contributed by atoms with Gasteiger partial charge in [0, 0.05) is 17.9 Å². The number of Topliss-reactive ketones (excluding diaryl/α,β-unsaturated/α-hetero) is 1. The van der Waals surface area contributed by atoms with Crippen LogP contribution in [0.3, 0.4) is 0 Å². The number of hydrogen-bond acceptors (Lipinski definition) is 3. The minimum Gasteiger partial charge on any atom is -0.452 e. The quantitative estimate of drug-likeness (QED) is 0.736. The molecule has 110 valence electrons. The Hall–Kier alpha value is -1.13. The van der Waals surface area contributed by atoms with Gasteiger partial charge in [0.15, 0.2) is 5.76 Å². The molecule has 3 nitrogen and oxygen atoms in total. The third kappa shape index (κ3) is 2.25. The first-order valence-corrected chi connectivity index (χ1v) is 8.32. The number of ketones is 1. The van der Waals surface area contributed by atoms with Crippen LogP contribution in [0.1, 0.15) is 42.7 Å². The molecule has 0 N–H and O–H groups in total. The van der Waals surface area contributed by atoms with E-state index in [4.69, 9.17) is 9.15 Å². The molecular weight excluding hydrogens is 332 g/mol. The van der Waals surface area contributed by atoms with Crippen molar-refractivity contribution >= 4 is 32.7 Å². The molecule has 0 bridgehead atoms. The Morgan fingerprint density at radius 2 is 2.19 bits per heavy atom. The molecule has 0 amide bonds. The first-order chi connectivity index (χ1) is 10.2. The highest BCUT2D eigenvalue weighted by Crippen LogP contribution is 2.45. The SMILES string of the molecule is O=C(c1cc2cccc(Br)c2o1)C1CCOC2(CCC2)C1. The lowest BCUT2D eigenvalue weighted by molar-refractivity contribution is -0.137. The van der Waals surface area contributed by atoms with E-state index in [1.807, 2.05) is 24.3 Å². The zero-order chi connectivity index (χ0) is 14.4. The molecule has 1 aromatic carbocycles. The van der Waals surface area contributed by atoms with Crippen LogP contribution in [0.5, 0.6) is 0 Å². The Bertz CT molecular complexity index is 699. The van der Waals surface area contributed by atoms with E-state index in [9.17, 15) is 4.79 Å². The van der Waals surface area contributed by atoms with Gasteiger partial charge in [0.2, 0.25) is 5.78 Å². The number of benzene rings is 1. The zero-order valence-electron chi connectivity index (χ0n) is 11.7. The van der Waals surface area contributed by atoms with Crippen molar-refractivity contribution < 1.29 is 13.9 Å². The summed E-state index contributed by atoms with van der Waals surface area (Å²) < 4.78 is 12.6. The normalized spacial score (nSPS) is 24.1. The van der Waals surface area contributed by atoms with Crippen LogP contribution in [0.4, 0.5) is 0 Å². The van der Waals surface area contributed by atoms with E-state index in [2.05, 4.69) is 15.9 Å². The Labute approximate surface area is 131 Å². The standard InChI is InChI=1S/C17H17BrO3/c18-13-4-1-3-11-9-14(21-16(11)13)15(19)12-5-8-20-17(10-12)6-2-7-17/h1,3-4,9,12H,2,5-8,10H2. The fourth-order valence-corrected chi connectivity index (χ4v) is 3.98. The van der Waals surface area contributed by atoms with Gasteiger partial charge in [0.25, 0.3) is 0 Å². The van der Waals surface area contributed by atoms with Crippen molar-refractivity contribution in [1.29, 1.82) is 0 Å². The maximum Gasteiger partial charge on any atom is 0.201 e. The van der Waals surface area contributed by atoms with E-state index in [1.54, 1.807) is 0 Å². The van der Waals surface area contributed by atoms with Crippen molar-refractivity contribution in [3.05, 3.63) is 34.5 Å². The molecule has 1 aliphatic carbocycles. The molecule has 2 fully saturated rings. The number of carbonyl (C=O) groups is 1. The number of fused-ring (bicyclic) bond motifs is 1. The van der Waals surface area contributed by atoms with Crippen molar-refractivity contribution in [2.75, 3.05) is 6.61 Å². The van der Waals surface area contributed by atoms with Crippen LogP contribution in [0.2, 0.25) is 0 Å². The number of hydrogen-bond donors (Lipinski definition) is 0. The summed E-state index contributed by atoms with van der Waals surface area (Å²) in [6.45, 7) is 0.695. The molecule has 1 aliphatic heterocycles. The van der Waals surface area contributed by atoms with Gasteiger partial charge in [0.05, 0.1) is 10.1 Å². The number of rotatable bonds is 2. The van der Waals surface area contributed by atoms with E-state index < -0.39 is 0 Å². The van der Waals surface area contributed by atoms with Crippen molar-refractivity contribution in [3.63, 3.8) is 0 Å². The van der Waals surface area contributed by atoms with E-state index in [-0.39, 0.29) is 17.3 Å². The van der Waals surface area contributed by atoms with Gasteiger partial charge < -0.3 is 9.15 Å². The highest BCUT2D eigenvalue weighted by atomic mass is 79.9.